The number of fused-ring (bicyclic) bond motifs is 1. The first kappa shape index (κ1) is 14.0. The second-order valence-electron chi connectivity index (χ2n) is 7.15. The monoisotopic (exact) mass is 279 g/mol. The Balaban J connectivity index is 1.99. The molecular formula is C15H25N3O2. The van der Waals surface area contributed by atoms with Gasteiger partial charge in [0.2, 0.25) is 0 Å². The summed E-state index contributed by atoms with van der Waals surface area (Å²) in [7, 11) is 0. The van der Waals surface area contributed by atoms with E-state index in [1.807, 2.05) is 0 Å². The molecule has 2 aliphatic heterocycles. The fraction of sp³-hybridized carbons (Fsp3) is 0.867. The van der Waals surface area contributed by atoms with Crippen LogP contribution in [-0.2, 0) is 28.0 Å². The van der Waals surface area contributed by atoms with Crippen LogP contribution < -0.4 is 0 Å². The van der Waals surface area contributed by atoms with Crippen LogP contribution in [0.3, 0.4) is 0 Å². The van der Waals surface area contributed by atoms with E-state index in [4.69, 9.17) is 9.47 Å². The van der Waals surface area contributed by atoms with Crippen molar-refractivity contribution in [2.24, 2.45) is 5.41 Å². The Kier molecular flexibility index (Phi) is 3.37. The molecular weight excluding hydrogens is 254 g/mol. The summed E-state index contributed by atoms with van der Waals surface area (Å²) in [5.74, 6) is 2.06. The Morgan fingerprint density at radius 1 is 1.25 bits per heavy atom. The van der Waals surface area contributed by atoms with E-state index in [1.165, 1.54) is 6.42 Å². The smallest absolute Gasteiger partial charge is 0.167 e. The number of hydrogen-bond acceptors (Lipinski definition) is 4. The molecule has 0 radical (unpaired) electrons. The van der Waals surface area contributed by atoms with Crippen molar-refractivity contribution in [2.45, 2.75) is 65.2 Å². The molecule has 1 unspecified atom stereocenters. The normalized spacial score (nSPS) is 28.9. The van der Waals surface area contributed by atoms with Gasteiger partial charge in [-0.3, -0.25) is 0 Å². The van der Waals surface area contributed by atoms with Crippen LogP contribution in [-0.4, -0.2) is 34.1 Å². The molecule has 0 aromatic carbocycles. The van der Waals surface area contributed by atoms with Crippen LogP contribution in [0.2, 0.25) is 0 Å². The summed E-state index contributed by atoms with van der Waals surface area (Å²) in [4.78, 5) is 0. The third-order valence-electron chi connectivity index (χ3n) is 4.29. The minimum atomic E-state index is -0.410. The maximum Gasteiger partial charge on any atom is 0.167 e. The van der Waals surface area contributed by atoms with Gasteiger partial charge in [-0.05, 0) is 25.7 Å². The van der Waals surface area contributed by atoms with Gasteiger partial charge >= 0.3 is 0 Å². The highest BCUT2D eigenvalue weighted by Crippen LogP contribution is 2.38. The molecule has 3 rings (SSSR count). The molecule has 0 amide bonds. The van der Waals surface area contributed by atoms with E-state index in [9.17, 15) is 0 Å². The number of hydrogen-bond donors (Lipinski definition) is 0. The lowest BCUT2D eigenvalue weighted by Crippen LogP contribution is -2.39. The summed E-state index contributed by atoms with van der Waals surface area (Å²) >= 11 is 0. The summed E-state index contributed by atoms with van der Waals surface area (Å²) in [5, 5.41) is 8.88. The van der Waals surface area contributed by atoms with Gasteiger partial charge < -0.3 is 14.0 Å². The fourth-order valence-corrected chi connectivity index (χ4v) is 3.30. The molecule has 2 aliphatic rings. The van der Waals surface area contributed by atoms with Crippen LogP contribution in [0.4, 0.5) is 0 Å². The molecule has 1 saturated heterocycles. The zero-order valence-electron chi connectivity index (χ0n) is 13.0. The lowest BCUT2D eigenvalue weighted by Gasteiger charge is -2.35. The van der Waals surface area contributed by atoms with Gasteiger partial charge in [0.05, 0.1) is 19.3 Å². The van der Waals surface area contributed by atoms with Crippen molar-refractivity contribution in [1.29, 1.82) is 0 Å². The van der Waals surface area contributed by atoms with Crippen LogP contribution in [0.5, 0.6) is 0 Å². The molecule has 0 saturated carbocycles. The number of aromatic nitrogens is 3. The highest BCUT2D eigenvalue weighted by molar-refractivity contribution is 5.12. The summed E-state index contributed by atoms with van der Waals surface area (Å²) in [6.45, 7) is 11.0. The summed E-state index contributed by atoms with van der Waals surface area (Å²) in [6.07, 6.45) is 3.18. The molecule has 1 aromatic rings. The van der Waals surface area contributed by atoms with Gasteiger partial charge in [0.15, 0.2) is 11.4 Å². The van der Waals surface area contributed by atoms with E-state index in [0.717, 1.165) is 37.6 Å². The summed E-state index contributed by atoms with van der Waals surface area (Å²) in [6, 6.07) is 0. The third-order valence-corrected chi connectivity index (χ3v) is 4.29. The van der Waals surface area contributed by atoms with Gasteiger partial charge in [0.25, 0.3) is 0 Å². The largest absolute Gasteiger partial charge is 0.378 e. The lowest BCUT2D eigenvalue weighted by molar-refractivity contribution is -0.0954. The molecule has 5 heteroatoms. The SMILES string of the molecule is CC(C)OC1(c2nnc3n2CC(C)(C)CC3)CCOC1. The highest BCUT2D eigenvalue weighted by atomic mass is 16.6. The summed E-state index contributed by atoms with van der Waals surface area (Å²) < 4.78 is 14.1. The van der Waals surface area contributed by atoms with Crippen molar-refractivity contribution in [3.05, 3.63) is 11.6 Å². The topological polar surface area (TPSA) is 49.2 Å². The van der Waals surface area contributed by atoms with Gasteiger partial charge in [-0.25, -0.2) is 0 Å². The Morgan fingerprint density at radius 2 is 2.05 bits per heavy atom. The molecule has 20 heavy (non-hydrogen) atoms. The van der Waals surface area contributed by atoms with Gasteiger partial charge in [-0.15, -0.1) is 10.2 Å². The van der Waals surface area contributed by atoms with Gasteiger partial charge in [-0.2, -0.15) is 0 Å². The second kappa shape index (κ2) is 4.81. The van der Waals surface area contributed by atoms with Crippen LogP contribution in [0.15, 0.2) is 0 Å². The second-order valence-corrected chi connectivity index (χ2v) is 7.15. The minimum absolute atomic E-state index is 0.154. The number of nitrogens with zero attached hydrogens (tertiary/aromatic N) is 3. The zero-order chi connectivity index (χ0) is 14.4. The maximum absolute atomic E-state index is 6.23. The predicted octanol–water partition coefficient (Wildman–Crippen LogP) is 2.29. The molecule has 3 heterocycles. The Bertz CT molecular complexity index is 487. The van der Waals surface area contributed by atoms with E-state index in [0.29, 0.717) is 12.0 Å². The van der Waals surface area contributed by atoms with Crippen LogP contribution in [0, 0.1) is 5.41 Å². The molecule has 5 nitrogen and oxygen atoms in total. The average molecular weight is 279 g/mol. The first-order valence-electron chi connectivity index (χ1n) is 7.60. The number of ether oxygens (including phenoxy) is 2. The minimum Gasteiger partial charge on any atom is -0.378 e. The van der Waals surface area contributed by atoms with Gasteiger partial charge in [0.1, 0.15) is 5.82 Å². The molecule has 0 spiro atoms. The van der Waals surface area contributed by atoms with E-state index >= 15 is 0 Å². The van der Waals surface area contributed by atoms with E-state index in [1.54, 1.807) is 0 Å². The molecule has 1 fully saturated rings. The van der Waals surface area contributed by atoms with Gasteiger partial charge in [0, 0.05) is 19.4 Å². The fourth-order valence-electron chi connectivity index (χ4n) is 3.30. The maximum atomic E-state index is 6.23. The quantitative estimate of drug-likeness (QED) is 0.852. The van der Waals surface area contributed by atoms with E-state index in [-0.39, 0.29) is 6.10 Å². The van der Waals surface area contributed by atoms with Crippen molar-refractivity contribution in [3.8, 4) is 0 Å². The molecule has 0 bridgehead atoms. The Morgan fingerprint density at radius 3 is 2.70 bits per heavy atom. The standard InChI is InChI=1S/C15H25N3O2/c1-11(2)20-15(7-8-19-10-15)13-17-16-12-5-6-14(3,4)9-18(12)13/h11H,5-10H2,1-4H3. The summed E-state index contributed by atoms with van der Waals surface area (Å²) in [5.41, 5.74) is -0.116. The zero-order valence-corrected chi connectivity index (χ0v) is 13.0. The highest BCUT2D eigenvalue weighted by Gasteiger charge is 2.45. The molecule has 0 N–H and O–H groups in total. The molecule has 112 valence electrons. The number of aryl methyl sites for hydroxylation is 1. The van der Waals surface area contributed by atoms with Gasteiger partial charge in [-0.1, -0.05) is 13.8 Å². The Labute approximate surface area is 120 Å². The van der Waals surface area contributed by atoms with Crippen molar-refractivity contribution in [1.82, 2.24) is 14.8 Å². The predicted molar refractivity (Wildman–Crippen MR) is 75.5 cm³/mol. The first-order chi connectivity index (χ1) is 9.42. The average Bonchev–Trinajstić information content (AvgIpc) is 2.94. The number of rotatable bonds is 3. The third kappa shape index (κ3) is 2.37. The van der Waals surface area contributed by atoms with Crippen LogP contribution in [0.1, 0.15) is 52.2 Å². The molecule has 1 atom stereocenters. The van der Waals surface area contributed by atoms with Crippen LogP contribution in [0.25, 0.3) is 0 Å². The lowest BCUT2D eigenvalue weighted by atomic mass is 9.84. The van der Waals surface area contributed by atoms with Crippen molar-refractivity contribution >= 4 is 0 Å². The molecule has 0 aliphatic carbocycles. The molecule has 1 aromatic heterocycles. The first-order valence-corrected chi connectivity index (χ1v) is 7.60. The van der Waals surface area contributed by atoms with Crippen molar-refractivity contribution < 1.29 is 9.47 Å². The van der Waals surface area contributed by atoms with Crippen LogP contribution >= 0.6 is 0 Å². The van der Waals surface area contributed by atoms with Crippen molar-refractivity contribution in [2.75, 3.05) is 13.2 Å². The van der Waals surface area contributed by atoms with E-state index in [2.05, 4.69) is 42.5 Å². The Hall–Kier alpha value is -0.940. The van der Waals surface area contributed by atoms with Crippen molar-refractivity contribution in [3.63, 3.8) is 0 Å². The van der Waals surface area contributed by atoms with E-state index < -0.39 is 5.60 Å².